The summed E-state index contributed by atoms with van der Waals surface area (Å²) in [7, 11) is 0. The van der Waals surface area contributed by atoms with Gasteiger partial charge < -0.3 is 5.32 Å². The number of piperidine rings is 1. The number of hydrogen-bond donors (Lipinski definition) is 1. The molecule has 2 saturated heterocycles. The first-order valence-corrected chi connectivity index (χ1v) is 8.38. The summed E-state index contributed by atoms with van der Waals surface area (Å²) in [6.07, 6.45) is 8.56. The van der Waals surface area contributed by atoms with Gasteiger partial charge in [0.2, 0.25) is 0 Å². The van der Waals surface area contributed by atoms with Gasteiger partial charge in [-0.05, 0) is 39.5 Å². The second kappa shape index (κ2) is 5.71. The van der Waals surface area contributed by atoms with E-state index in [1.807, 2.05) is 0 Å². The Hall–Kier alpha value is -0.120. The lowest BCUT2D eigenvalue weighted by Gasteiger charge is -2.51. The van der Waals surface area contributed by atoms with Crippen LogP contribution < -0.4 is 5.32 Å². The molecular weight excluding hydrogens is 234 g/mol. The van der Waals surface area contributed by atoms with Crippen LogP contribution in [0.4, 0.5) is 0 Å². The minimum Gasteiger partial charge on any atom is -0.314 e. The van der Waals surface area contributed by atoms with E-state index in [0.29, 0.717) is 5.54 Å². The normalized spacial score (nSPS) is 34.7. The Bertz CT molecular complexity index is 290. The van der Waals surface area contributed by atoms with Crippen LogP contribution in [-0.4, -0.2) is 60.1 Å². The fourth-order valence-electron chi connectivity index (χ4n) is 4.43. The third kappa shape index (κ3) is 2.98. The molecule has 3 nitrogen and oxygen atoms in total. The third-order valence-corrected chi connectivity index (χ3v) is 5.71. The summed E-state index contributed by atoms with van der Waals surface area (Å²) in [4.78, 5) is 5.61. The highest BCUT2D eigenvalue weighted by Crippen LogP contribution is 2.36. The van der Waals surface area contributed by atoms with E-state index in [1.165, 1.54) is 71.2 Å². The van der Waals surface area contributed by atoms with E-state index >= 15 is 0 Å². The molecular formula is C16H31N3. The Morgan fingerprint density at radius 2 is 1.63 bits per heavy atom. The van der Waals surface area contributed by atoms with E-state index in [2.05, 4.69) is 29.0 Å². The smallest absolute Gasteiger partial charge is 0.0225 e. The summed E-state index contributed by atoms with van der Waals surface area (Å²) in [5, 5.41) is 3.48. The van der Waals surface area contributed by atoms with Gasteiger partial charge in [0, 0.05) is 50.3 Å². The molecule has 2 aliphatic heterocycles. The van der Waals surface area contributed by atoms with Gasteiger partial charge in [-0.1, -0.05) is 12.8 Å². The molecule has 0 aromatic rings. The molecule has 1 saturated carbocycles. The van der Waals surface area contributed by atoms with Gasteiger partial charge in [0.05, 0.1) is 0 Å². The molecule has 1 N–H and O–H groups in total. The van der Waals surface area contributed by atoms with Crippen molar-refractivity contribution in [3.63, 3.8) is 0 Å². The molecule has 0 radical (unpaired) electrons. The van der Waals surface area contributed by atoms with Crippen molar-refractivity contribution >= 4 is 0 Å². The van der Waals surface area contributed by atoms with Crippen LogP contribution in [0.3, 0.4) is 0 Å². The maximum atomic E-state index is 3.48. The van der Waals surface area contributed by atoms with Crippen LogP contribution in [0.5, 0.6) is 0 Å². The van der Waals surface area contributed by atoms with Crippen molar-refractivity contribution < 1.29 is 0 Å². The lowest BCUT2D eigenvalue weighted by Crippen LogP contribution is -2.61. The molecule has 3 heteroatoms. The molecule has 1 atom stereocenters. The van der Waals surface area contributed by atoms with Gasteiger partial charge in [0.15, 0.2) is 0 Å². The monoisotopic (exact) mass is 265 g/mol. The second-order valence-corrected chi connectivity index (χ2v) is 7.38. The Morgan fingerprint density at radius 3 is 2.32 bits per heavy atom. The maximum absolute atomic E-state index is 3.48. The van der Waals surface area contributed by atoms with Crippen LogP contribution in [-0.2, 0) is 0 Å². The molecule has 2 heterocycles. The quantitative estimate of drug-likeness (QED) is 0.825. The van der Waals surface area contributed by atoms with Crippen LogP contribution >= 0.6 is 0 Å². The van der Waals surface area contributed by atoms with Gasteiger partial charge in [0.1, 0.15) is 0 Å². The zero-order chi connectivity index (χ0) is 13.3. The zero-order valence-corrected chi connectivity index (χ0v) is 12.8. The van der Waals surface area contributed by atoms with Crippen molar-refractivity contribution in [2.45, 2.75) is 70.0 Å². The lowest BCUT2D eigenvalue weighted by atomic mass is 9.85. The van der Waals surface area contributed by atoms with Crippen LogP contribution in [0.2, 0.25) is 0 Å². The fraction of sp³-hybridized carbons (Fsp3) is 1.00. The highest BCUT2D eigenvalue weighted by molar-refractivity contribution is 4.97. The van der Waals surface area contributed by atoms with E-state index in [-0.39, 0.29) is 0 Å². The van der Waals surface area contributed by atoms with Gasteiger partial charge in [0.25, 0.3) is 0 Å². The minimum atomic E-state index is 0.430. The predicted octanol–water partition coefficient (Wildman–Crippen LogP) is 2.08. The largest absolute Gasteiger partial charge is 0.314 e. The summed E-state index contributed by atoms with van der Waals surface area (Å²) in [5.74, 6) is 0. The van der Waals surface area contributed by atoms with E-state index in [0.717, 1.165) is 12.1 Å². The zero-order valence-electron chi connectivity index (χ0n) is 12.8. The van der Waals surface area contributed by atoms with E-state index in [4.69, 9.17) is 0 Å². The van der Waals surface area contributed by atoms with Gasteiger partial charge in [-0.3, -0.25) is 9.80 Å². The van der Waals surface area contributed by atoms with Crippen LogP contribution in [0.15, 0.2) is 0 Å². The molecule has 19 heavy (non-hydrogen) atoms. The Labute approximate surface area is 118 Å². The van der Waals surface area contributed by atoms with Crippen molar-refractivity contribution in [1.29, 1.82) is 0 Å². The predicted molar refractivity (Wildman–Crippen MR) is 80.5 cm³/mol. The topological polar surface area (TPSA) is 18.5 Å². The van der Waals surface area contributed by atoms with Gasteiger partial charge >= 0.3 is 0 Å². The summed E-state index contributed by atoms with van der Waals surface area (Å²) in [5.41, 5.74) is 0.430. The molecule has 0 amide bonds. The lowest BCUT2D eigenvalue weighted by molar-refractivity contribution is -0.0149. The summed E-state index contributed by atoms with van der Waals surface area (Å²) in [6, 6.07) is 1.69. The molecule has 0 spiro atoms. The first kappa shape index (κ1) is 13.8. The minimum absolute atomic E-state index is 0.430. The number of piperazine rings is 1. The molecule has 0 bridgehead atoms. The number of rotatable bonds is 2. The van der Waals surface area contributed by atoms with Crippen molar-refractivity contribution in [2.24, 2.45) is 0 Å². The van der Waals surface area contributed by atoms with Gasteiger partial charge in [-0.2, -0.15) is 0 Å². The Kier molecular flexibility index (Phi) is 4.16. The highest BCUT2D eigenvalue weighted by Gasteiger charge is 2.40. The molecule has 1 unspecified atom stereocenters. The Morgan fingerprint density at radius 1 is 0.947 bits per heavy atom. The molecule has 110 valence electrons. The average Bonchev–Trinajstić information content (AvgIpc) is 2.93. The fourth-order valence-corrected chi connectivity index (χ4v) is 4.43. The first-order chi connectivity index (χ1) is 9.17. The molecule has 1 aliphatic carbocycles. The van der Waals surface area contributed by atoms with Gasteiger partial charge in [-0.25, -0.2) is 0 Å². The van der Waals surface area contributed by atoms with Crippen LogP contribution in [0.25, 0.3) is 0 Å². The van der Waals surface area contributed by atoms with E-state index in [9.17, 15) is 0 Å². The van der Waals surface area contributed by atoms with Crippen molar-refractivity contribution in [1.82, 2.24) is 15.1 Å². The molecule has 3 aliphatic rings. The third-order valence-electron chi connectivity index (χ3n) is 5.71. The number of likely N-dealkylation sites (tertiary alicyclic amines) is 1. The average molecular weight is 265 g/mol. The van der Waals surface area contributed by atoms with Gasteiger partial charge in [-0.15, -0.1) is 0 Å². The first-order valence-electron chi connectivity index (χ1n) is 8.38. The summed E-state index contributed by atoms with van der Waals surface area (Å²) >= 11 is 0. The van der Waals surface area contributed by atoms with Crippen LogP contribution in [0, 0.1) is 0 Å². The Balaban J connectivity index is 1.66. The molecule has 3 fully saturated rings. The summed E-state index contributed by atoms with van der Waals surface area (Å²) < 4.78 is 0. The number of hydrogen-bond acceptors (Lipinski definition) is 3. The number of nitrogens with zero attached hydrogens (tertiary/aromatic N) is 2. The molecule has 3 rings (SSSR count). The van der Waals surface area contributed by atoms with Crippen molar-refractivity contribution in [2.75, 3.05) is 32.7 Å². The van der Waals surface area contributed by atoms with E-state index < -0.39 is 0 Å². The molecule has 0 aromatic carbocycles. The number of nitrogens with one attached hydrogen (secondary N) is 1. The SMILES string of the molecule is CC1(C)CCC(N2CCNCC2)CN1C1CCCC1. The standard InChI is InChI=1S/C16H31N3/c1-16(2)8-7-15(18-11-9-17-10-12-18)13-19(16)14-5-3-4-6-14/h14-15,17H,3-13H2,1-2H3. The van der Waals surface area contributed by atoms with Crippen LogP contribution in [0.1, 0.15) is 52.4 Å². The summed E-state index contributed by atoms with van der Waals surface area (Å²) in [6.45, 7) is 11.1. The highest BCUT2D eigenvalue weighted by atomic mass is 15.3. The molecule has 0 aromatic heterocycles. The maximum Gasteiger partial charge on any atom is 0.0225 e. The second-order valence-electron chi connectivity index (χ2n) is 7.38. The van der Waals surface area contributed by atoms with Crippen molar-refractivity contribution in [3.8, 4) is 0 Å². The van der Waals surface area contributed by atoms with E-state index in [1.54, 1.807) is 0 Å². The van der Waals surface area contributed by atoms with Crippen molar-refractivity contribution in [3.05, 3.63) is 0 Å².